The normalized spacial score (nSPS) is 14.3. The van der Waals surface area contributed by atoms with Gasteiger partial charge in [-0.25, -0.2) is 9.13 Å². The van der Waals surface area contributed by atoms with E-state index in [-0.39, 0.29) is 25.7 Å². The number of phosphoric ester groups is 2. The SMILES string of the molecule is CCCCC/C=C\C/C=C\CCCCCCCC(=O)OC[C@H](COP(=O)(O)OCC(O)COP(=O)(O)OC[C@@H](COC(=O)CCCCCCC/C=C\C/C=C\CCCCC)OC(=O)CCCCCCC/C=C\CCCCCCCC)OC(=O)CCCCCCC/C=C\C/C=C\CCCCC. The van der Waals surface area contributed by atoms with E-state index in [1.807, 2.05) is 0 Å². The highest BCUT2D eigenvalue weighted by Gasteiger charge is 2.30. The van der Waals surface area contributed by atoms with Crippen molar-refractivity contribution in [1.82, 2.24) is 0 Å². The standard InChI is InChI=1S/C81H144O17P2/c1-5-9-13-17-21-25-29-33-37-41-45-49-53-57-61-65-78(83)91-71-76(97-80(85)67-63-59-55-51-47-43-39-35-31-27-23-19-15-11-7-3)73-95-99(87,88)93-69-75(82)70-94-100(89,90)96-74-77(98-81(86)68-64-60-56-52-48-44-40-36-32-28-24-20-16-12-8-4)72-92-79(84)66-62-58-54-50-46-42-38-34-30-26-22-18-14-10-6-2/h21-23,25-27,33-40,75-77,82H,5-20,24,28-32,41-74H2,1-4H3,(H,87,88)(H,89,90)/b25-21-,26-22-,27-23-,37-33-,38-34-,39-35-,40-36-/t75?,76-,77-/m1/s1. The molecule has 0 saturated heterocycles. The monoisotopic (exact) mass is 1450 g/mol. The van der Waals surface area contributed by atoms with Gasteiger partial charge >= 0.3 is 39.5 Å². The fourth-order valence-electron chi connectivity index (χ4n) is 10.7. The molecule has 0 spiro atoms. The zero-order valence-corrected chi connectivity index (χ0v) is 65.2. The van der Waals surface area contributed by atoms with Crippen molar-refractivity contribution < 1.29 is 80.2 Å². The van der Waals surface area contributed by atoms with Gasteiger partial charge in [-0.3, -0.25) is 37.3 Å². The van der Waals surface area contributed by atoms with Gasteiger partial charge < -0.3 is 33.8 Å². The summed E-state index contributed by atoms with van der Waals surface area (Å²) in [5, 5.41) is 10.6. The Morgan fingerprint density at radius 3 is 0.770 bits per heavy atom. The fourth-order valence-corrected chi connectivity index (χ4v) is 12.2. The van der Waals surface area contributed by atoms with Gasteiger partial charge in [-0.1, -0.05) is 260 Å². The van der Waals surface area contributed by atoms with E-state index >= 15 is 0 Å². The van der Waals surface area contributed by atoms with Crippen LogP contribution in [-0.4, -0.2) is 96.7 Å². The van der Waals surface area contributed by atoms with Crippen LogP contribution in [0.2, 0.25) is 0 Å². The Balaban J connectivity index is 5.38. The Morgan fingerprint density at radius 2 is 0.490 bits per heavy atom. The minimum Gasteiger partial charge on any atom is -0.462 e. The predicted molar refractivity (Wildman–Crippen MR) is 409 cm³/mol. The van der Waals surface area contributed by atoms with Crippen molar-refractivity contribution in [1.29, 1.82) is 0 Å². The van der Waals surface area contributed by atoms with Crippen molar-refractivity contribution >= 4 is 39.5 Å². The number of hydrogen-bond donors (Lipinski definition) is 3. The van der Waals surface area contributed by atoms with Gasteiger partial charge in [-0.2, -0.15) is 0 Å². The molecule has 3 unspecified atom stereocenters. The van der Waals surface area contributed by atoms with Crippen molar-refractivity contribution in [2.45, 2.75) is 367 Å². The summed E-state index contributed by atoms with van der Waals surface area (Å²) in [6, 6.07) is 0. The van der Waals surface area contributed by atoms with Gasteiger partial charge in [0.05, 0.1) is 26.4 Å². The van der Waals surface area contributed by atoms with Crippen LogP contribution in [0.3, 0.4) is 0 Å². The van der Waals surface area contributed by atoms with E-state index in [1.54, 1.807) is 0 Å². The van der Waals surface area contributed by atoms with E-state index in [0.717, 1.165) is 173 Å². The molecule has 17 nitrogen and oxygen atoms in total. The average molecular weight is 1450 g/mol. The predicted octanol–water partition coefficient (Wildman–Crippen LogP) is 23.0. The van der Waals surface area contributed by atoms with Gasteiger partial charge in [0.2, 0.25) is 0 Å². The van der Waals surface area contributed by atoms with E-state index in [4.69, 9.17) is 37.0 Å². The number of aliphatic hydroxyl groups excluding tert-OH is 1. The third kappa shape index (κ3) is 72.6. The molecule has 0 fully saturated rings. The zero-order chi connectivity index (χ0) is 73.2. The second-order valence-electron chi connectivity index (χ2n) is 26.6. The molecule has 0 aromatic heterocycles. The molecule has 3 N–H and O–H groups in total. The van der Waals surface area contributed by atoms with Crippen LogP contribution >= 0.6 is 15.6 Å². The van der Waals surface area contributed by atoms with E-state index in [2.05, 4.69) is 113 Å². The minimum absolute atomic E-state index is 0.0768. The third-order valence-corrected chi connectivity index (χ3v) is 18.7. The lowest BCUT2D eigenvalue weighted by atomic mass is 10.1. The van der Waals surface area contributed by atoms with E-state index in [9.17, 15) is 43.2 Å². The van der Waals surface area contributed by atoms with Gasteiger partial charge in [-0.15, -0.1) is 0 Å². The topological polar surface area (TPSA) is 237 Å². The van der Waals surface area contributed by atoms with Crippen molar-refractivity contribution in [3.05, 3.63) is 85.1 Å². The van der Waals surface area contributed by atoms with Crippen LogP contribution < -0.4 is 0 Å². The quantitative estimate of drug-likeness (QED) is 0.0169. The number of phosphoric acid groups is 2. The number of ether oxygens (including phenoxy) is 4. The summed E-state index contributed by atoms with van der Waals surface area (Å²) in [5.74, 6) is -2.21. The van der Waals surface area contributed by atoms with Gasteiger partial charge in [-0.05, 0) is 148 Å². The lowest BCUT2D eigenvalue weighted by Crippen LogP contribution is -2.30. The van der Waals surface area contributed by atoms with E-state index in [0.29, 0.717) is 25.7 Å². The molecule has 0 aliphatic heterocycles. The fraction of sp³-hybridized carbons (Fsp3) is 0.778. The number of unbranched alkanes of at least 4 members (excludes halogenated alkanes) is 35. The number of aliphatic hydroxyl groups is 1. The number of esters is 4. The smallest absolute Gasteiger partial charge is 0.462 e. The maximum absolute atomic E-state index is 13.1. The summed E-state index contributed by atoms with van der Waals surface area (Å²) in [4.78, 5) is 73.0. The van der Waals surface area contributed by atoms with Crippen LogP contribution in [0.4, 0.5) is 0 Å². The van der Waals surface area contributed by atoms with Gasteiger partial charge in [0.1, 0.15) is 19.3 Å². The zero-order valence-electron chi connectivity index (χ0n) is 63.4. The number of hydrogen-bond acceptors (Lipinski definition) is 15. The molecular weight excluding hydrogens is 1310 g/mol. The number of carbonyl (C=O) groups excluding carboxylic acids is 4. The summed E-state index contributed by atoms with van der Waals surface area (Å²) >= 11 is 0. The van der Waals surface area contributed by atoms with Crippen molar-refractivity contribution in [2.24, 2.45) is 0 Å². The van der Waals surface area contributed by atoms with Gasteiger partial charge in [0, 0.05) is 25.7 Å². The molecule has 0 aromatic carbocycles. The van der Waals surface area contributed by atoms with Gasteiger partial charge in [0.25, 0.3) is 0 Å². The average Bonchev–Trinajstić information content (AvgIpc) is 1.01. The van der Waals surface area contributed by atoms with E-state index in [1.165, 1.54) is 96.3 Å². The largest absolute Gasteiger partial charge is 0.472 e. The highest BCUT2D eigenvalue weighted by molar-refractivity contribution is 7.47. The Hall–Kier alpha value is -3.76. The van der Waals surface area contributed by atoms with Crippen LogP contribution in [-0.2, 0) is 65.4 Å². The molecule has 0 saturated carbocycles. The first-order chi connectivity index (χ1) is 48.7. The summed E-state index contributed by atoms with van der Waals surface area (Å²) in [5.41, 5.74) is 0. The Bertz CT molecular complexity index is 2230. The molecular formula is C81H144O17P2. The molecule has 0 amide bonds. The van der Waals surface area contributed by atoms with Crippen molar-refractivity contribution in [3.63, 3.8) is 0 Å². The number of carbonyl (C=O) groups is 4. The summed E-state index contributed by atoms with van der Waals surface area (Å²) in [6.07, 6.45) is 75.5. The molecule has 0 radical (unpaired) electrons. The van der Waals surface area contributed by atoms with E-state index < -0.39 is 97.5 Å². The molecule has 0 bridgehead atoms. The molecule has 580 valence electrons. The molecule has 0 rings (SSSR count). The maximum Gasteiger partial charge on any atom is 0.472 e. The molecule has 0 aromatic rings. The highest BCUT2D eigenvalue weighted by Crippen LogP contribution is 2.45. The summed E-state index contributed by atoms with van der Waals surface area (Å²) < 4.78 is 68.6. The van der Waals surface area contributed by atoms with Crippen molar-refractivity contribution in [3.8, 4) is 0 Å². The lowest BCUT2D eigenvalue weighted by molar-refractivity contribution is -0.161. The first kappa shape index (κ1) is 96.2. The lowest BCUT2D eigenvalue weighted by Gasteiger charge is -2.21. The van der Waals surface area contributed by atoms with Crippen molar-refractivity contribution in [2.75, 3.05) is 39.6 Å². The molecule has 0 aliphatic carbocycles. The Labute approximate surface area is 608 Å². The second-order valence-corrected chi connectivity index (χ2v) is 29.5. The Morgan fingerprint density at radius 1 is 0.280 bits per heavy atom. The van der Waals surface area contributed by atoms with Crippen LogP contribution in [0.15, 0.2) is 85.1 Å². The first-order valence-corrected chi connectivity index (χ1v) is 42.8. The molecule has 19 heteroatoms. The van der Waals surface area contributed by atoms with Crippen LogP contribution in [0.1, 0.15) is 349 Å². The number of rotatable bonds is 75. The molecule has 0 heterocycles. The van der Waals surface area contributed by atoms with Crippen LogP contribution in [0.5, 0.6) is 0 Å². The van der Waals surface area contributed by atoms with Crippen LogP contribution in [0, 0.1) is 0 Å². The second kappa shape index (κ2) is 73.5. The Kier molecular flexibility index (Phi) is 70.8. The minimum atomic E-state index is -4.98. The first-order valence-electron chi connectivity index (χ1n) is 39.8. The third-order valence-electron chi connectivity index (χ3n) is 16.8. The highest BCUT2D eigenvalue weighted by atomic mass is 31.2. The molecule has 100 heavy (non-hydrogen) atoms. The van der Waals surface area contributed by atoms with Crippen LogP contribution in [0.25, 0.3) is 0 Å². The summed E-state index contributed by atoms with van der Waals surface area (Å²) in [7, 11) is -9.96. The molecule has 5 atom stereocenters. The van der Waals surface area contributed by atoms with Gasteiger partial charge in [0.15, 0.2) is 12.2 Å². The number of allylic oxidation sites excluding steroid dienone is 14. The molecule has 0 aliphatic rings. The maximum atomic E-state index is 13.1. The summed E-state index contributed by atoms with van der Waals surface area (Å²) in [6.45, 7) is 4.78.